The van der Waals surface area contributed by atoms with Crippen molar-refractivity contribution in [1.82, 2.24) is 0 Å². The molecule has 0 aromatic carbocycles. The predicted octanol–water partition coefficient (Wildman–Crippen LogP) is 13.9. The van der Waals surface area contributed by atoms with Gasteiger partial charge in [-0.3, -0.25) is 14.1 Å². The normalized spacial score (nSPS) is 19.1. The van der Waals surface area contributed by atoms with Gasteiger partial charge in [-0.05, 0) is 44.9 Å². The van der Waals surface area contributed by atoms with Crippen molar-refractivity contribution in [3.63, 3.8) is 0 Å². The summed E-state index contributed by atoms with van der Waals surface area (Å²) in [6.07, 6.45) is 46.6. The van der Waals surface area contributed by atoms with E-state index in [-0.39, 0.29) is 19.4 Å². The van der Waals surface area contributed by atoms with Crippen molar-refractivity contribution in [3.05, 3.63) is 24.3 Å². The summed E-state index contributed by atoms with van der Waals surface area (Å²) in [5, 5.41) is 31.0. The maximum Gasteiger partial charge on any atom is 0.306 e. The van der Waals surface area contributed by atoms with E-state index in [1.54, 1.807) is 0 Å². The second-order valence-electron chi connectivity index (χ2n) is 20.3. The lowest BCUT2D eigenvalue weighted by Gasteiger charge is -2.40. The van der Waals surface area contributed by atoms with Crippen LogP contribution in [0.1, 0.15) is 271 Å². The third kappa shape index (κ3) is 40.6. The van der Waals surface area contributed by atoms with Gasteiger partial charge in [0.1, 0.15) is 36.8 Å². The summed E-state index contributed by atoms with van der Waals surface area (Å²) in [6, 6.07) is 0. The van der Waals surface area contributed by atoms with Gasteiger partial charge in [-0.1, -0.05) is 237 Å². The van der Waals surface area contributed by atoms with Crippen LogP contribution in [0.4, 0.5) is 0 Å². The van der Waals surface area contributed by atoms with E-state index in [9.17, 15) is 37.9 Å². The van der Waals surface area contributed by atoms with E-state index in [1.807, 2.05) is 0 Å². The lowest BCUT2D eigenvalue weighted by atomic mass is 10.00. The summed E-state index contributed by atoms with van der Waals surface area (Å²) in [4.78, 5) is 25.6. The first kappa shape index (κ1) is 66.1. The summed E-state index contributed by atoms with van der Waals surface area (Å²) in [7, 11) is -4.61. The predicted molar refractivity (Wildman–Crippen MR) is 284 cm³/mol. The Bertz CT molecular complexity index is 1370. The molecule has 13 heteroatoms. The molecular formula is C57H106O12S. The minimum atomic E-state index is -4.61. The molecule has 0 bridgehead atoms. The molecular weight excluding hydrogens is 909 g/mol. The molecule has 70 heavy (non-hydrogen) atoms. The van der Waals surface area contributed by atoms with Gasteiger partial charge in [0.25, 0.3) is 10.1 Å². The van der Waals surface area contributed by atoms with Crippen molar-refractivity contribution in [2.75, 3.05) is 19.0 Å². The van der Waals surface area contributed by atoms with Gasteiger partial charge in [-0.2, -0.15) is 8.42 Å². The van der Waals surface area contributed by atoms with Crippen molar-refractivity contribution in [2.45, 2.75) is 307 Å². The third-order valence-electron chi connectivity index (χ3n) is 13.5. The number of aliphatic hydroxyl groups excluding tert-OH is 3. The van der Waals surface area contributed by atoms with Crippen molar-refractivity contribution >= 4 is 22.1 Å². The number of aliphatic hydroxyl groups is 3. The van der Waals surface area contributed by atoms with Crippen LogP contribution in [0.3, 0.4) is 0 Å². The molecule has 0 radical (unpaired) electrons. The number of rotatable bonds is 50. The van der Waals surface area contributed by atoms with E-state index in [2.05, 4.69) is 38.2 Å². The molecule has 1 aliphatic rings. The Kier molecular flexibility index (Phi) is 44.3. The molecule has 0 amide bonds. The molecule has 0 saturated carbocycles. The fraction of sp³-hybridized carbons (Fsp3) is 0.895. The van der Waals surface area contributed by atoms with Crippen molar-refractivity contribution in [2.24, 2.45) is 0 Å². The highest BCUT2D eigenvalue weighted by atomic mass is 32.2. The fourth-order valence-corrected chi connectivity index (χ4v) is 9.74. The quantitative estimate of drug-likeness (QED) is 0.0196. The molecule has 12 nitrogen and oxygen atoms in total. The van der Waals surface area contributed by atoms with Crippen molar-refractivity contribution < 1.29 is 56.8 Å². The standard InChI is InChI=1S/C57H106O12S/c1-3-5-7-9-11-13-15-17-19-21-23-24-25-26-28-29-31-33-35-37-39-41-43-45-52(58)66-47-50(48-67-57-56(62)55(61)54(60)51(69-57)49-70(63,64)65)68-53(59)46-44-42-40-38-36-34-32-30-27-22-20-18-16-14-12-10-8-6-4-2/h29,31,37,39,50-51,54-57,60-62H,3-28,30,32-36,38,40-49H2,1-2H3,(H,63,64,65)/b31-29+,39-37+/t50-,51-,54-,55?,56?,57+/m1/s1. The van der Waals surface area contributed by atoms with E-state index in [0.29, 0.717) is 19.3 Å². The number of carbonyl (C=O) groups is 2. The molecule has 4 N–H and O–H groups in total. The van der Waals surface area contributed by atoms with Crippen molar-refractivity contribution in [1.29, 1.82) is 0 Å². The first-order valence-corrected chi connectivity index (χ1v) is 30.5. The zero-order chi connectivity index (χ0) is 51.2. The minimum Gasteiger partial charge on any atom is -0.462 e. The summed E-state index contributed by atoms with van der Waals surface area (Å²) < 4.78 is 54.3. The molecule has 0 aliphatic carbocycles. The molecule has 1 rings (SSSR count). The lowest BCUT2D eigenvalue weighted by molar-refractivity contribution is -0.297. The molecule has 0 aromatic rings. The first-order valence-electron chi connectivity index (χ1n) is 28.9. The smallest absolute Gasteiger partial charge is 0.306 e. The number of hydrogen-bond donors (Lipinski definition) is 4. The topological polar surface area (TPSA) is 186 Å². The SMILES string of the molecule is CCCCCCCCCCCCCCCC/C=C/CC/C=C/CCCC(=O)OC[C@H](CO[C@H]1O[C@H](CS(=O)(=O)O)[C@@H](O)C(O)C1O)OC(=O)CCCCCCCCCCCCCCCCCCCCC. The zero-order valence-corrected chi connectivity index (χ0v) is 45.5. The van der Waals surface area contributed by atoms with Crippen LogP contribution in [0, 0.1) is 0 Å². The van der Waals surface area contributed by atoms with Gasteiger partial charge in [-0.15, -0.1) is 0 Å². The number of esters is 2. The zero-order valence-electron chi connectivity index (χ0n) is 44.6. The highest BCUT2D eigenvalue weighted by molar-refractivity contribution is 7.85. The molecule has 412 valence electrons. The highest BCUT2D eigenvalue weighted by Crippen LogP contribution is 2.24. The maximum atomic E-state index is 12.9. The van der Waals surface area contributed by atoms with Gasteiger partial charge in [0.05, 0.1) is 6.61 Å². The number of unbranched alkanes of at least 4 members (excludes halogenated alkanes) is 34. The summed E-state index contributed by atoms with van der Waals surface area (Å²) in [6.45, 7) is 3.79. The van der Waals surface area contributed by atoms with E-state index in [0.717, 1.165) is 38.5 Å². The summed E-state index contributed by atoms with van der Waals surface area (Å²) in [5.41, 5.74) is 0. The summed E-state index contributed by atoms with van der Waals surface area (Å²) in [5.74, 6) is -2.02. The van der Waals surface area contributed by atoms with Gasteiger partial charge in [0.15, 0.2) is 12.4 Å². The fourth-order valence-electron chi connectivity index (χ4n) is 9.05. The Morgan fingerprint density at radius 2 is 0.843 bits per heavy atom. The minimum absolute atomic E-state index is 0.162. The van der Waals surface area contributed by atoms with Crippen LogP contribution in [0.2, 0.25) is 0 Å². The molecule has 2 unspecified atom stereocenters. The van der Waals surface area contributed by atoms with Crippen LogP contribution in [0.5, 0.6) is 0 Å². The Balaban J connectivity index is 2.33. The number of allylic oxidation sites excluding steroid dienone is 4. The Morgan fingerprint density at radius 1 is 0.471 bits per heavy atom. The lowest BCUT2D eigenvalue weighted by Crippen LogP contribution is -2.60. The van der Waals surface area contributed by atoms with Crippen LogP contribution >= 0.6 is 0 Å². The Hall–Kier alpha value is -1.87. The monoisotopic (exact) mass is 1010 g/mol. The number of carbonyl (C=O) groups excluding carboxylic acids is 2. The molecule has 1 saturated heterocycles. The second-order valence-corrected chi connectivity index (χ2v) is 21.8. The van der Waals surface area contributed by atoms with Crippen LogP contribution < -0.4 is 0 Å². The van der Waals surface area contributed by atoms with E-state index >= 15 is 0 Å². The van der Waals surface area contributed by atoms with Crippen LogP contribution in [0.25, 0.3) is 0 Å². The second kappa shape index (κ2) is 46.9. The van der Waals surface area contributed by atoms with Crippen molar-refractivity contribution in [3.8, 4) is 0 Å². The van der Waals surface area contributed by atoms with E-state index < -0.39 is 71.2 Å². The Labute approximate surface area is 428 Å². The third-order valence-corrected chi connectivity index (χ3v) is 14.3. The molecule has 1 fully saturated rings. The largest absolute Gasteiger partial charge is 0.462 e. The van der Waals surface area contributed by atoms with Gasteiger partial charge in [0.2, 0.25) is 0 Å². The van der Waals surface area contributed by atoms with E-state index in [4.69, 9.17) is 18.9 Å². The molecule has 1 heterocycles. The molecule has 0 aromatic heterocycles. The molecule has 0 spiro atoms. The van der Waals surface area contributed by atoms with Gasteiger partial charge in [0, 0.05) is 12.8 Å². The van der Waals surface area contributed by atoms with Crippen LogP contribution in [-0.4, -0.2) is 96.0 Å². The average molecular weight is 1020 g/mol. The molecule has 6 atom stereocenters. The highest BCUT2D eigenvalue weighted by Gasteiger charge is 2.46. The average Bonchev–Trinajstić information content (AvgIpc) is 3.33. The number of ether oxygens (including phenoxy) is 4. The van der Waals surface area contributed by atoms with Crippen LogP contribution in [0.15, 0.2) is 24.3 Å². The van der Waals surface area contributed by atoms with Gasteiger partial charge in [-0.25, -0.2) is 0 Å². The Morgan fingerprint density at radius 3 is 1.27 bits per heavy atom. The van der Waals surface area contributed by atoms with Gasteiger partial charge >= 0.3 is 11.9 Å². The molecule has 1 aliphatic heterocycles. The van der Waals surface area contributed by atoms with E-state index in [1.165, 1.54) is 186 Å². The first-order chi connectivity index (χ1) is 34.0. The van der Waals surface area contributed by atoms with Crippen LogP contribution in [-0.2, 0) is 38.7 Å². The maximum absolute atomic E-state index is 12.9. The van der Waals surface area contributed by atoms with Gasteiger partial charge < -0.3 is 34.3 Å². The summed E-state index contributed by atoms with van der Waals surface area (Å²) >= 11 is 0. The number of hydrogen-bond acceptors (Lipinski definition) is 11.